The minimum atomic E-state index is -3.39. The fraction of sp³-hybridized carbons (Fsp3) is 0.636. The molecule has 1 aromatic heterocycles. The molecule has 1 N–H and O–H groups in total. The molecule has 4 aliphatic rings. The maximum absolute atomic E-state index is 12.3. The van der Waals surface area contributed by atoms with Crippen LogP contribution in [0.1, 0.15) is 56.9 Å². The van der Waals surface area contributed by atoms with Gasteiger partial charge in [0.2, 0.25) is 10.0 Å². The van der Waals surface area contributed by atoms with Crippen molar-refractivity contribution in [3.63, 3.8) is 0 Å². The molecule has 3 atom stereocenters. The average molecular weight is 437 g/mol. The second-order valence-electron chi connectivity index (χ2n) is 9.69. The van der Waals surface area contributed by atoms with Crippen LogP contribution in [0.15, 0.2) is 24.4 Å². The standard InChI is InChI=1S/C22H29ClN2O3S/c1-14(6-7-24-16-8-15-9-17(24)12-22(26,10-15)11-16)18-13-25(29(2,27)28)20-5-3-4-19(23)21(18)20/h3-5,13-17,26H,6-12H2,1-2H3. The molecule has 158 valence electrons. The van der Waals surface area contributed by atoms with Crippen molar-refractivity contribution >= 4 is 32.5 Å². The van der Waals surface area contributed by atoms with Gasteiger partial charge in [0.25, 0.3) is 0 Å². The van der Waals surface area contributed by atoms with Crippen LogP contribution in [0.2, 0.25) is 5.02 Å². The molecule has 5 nitrogen and oxygen atoms in total. The number of benzene rings is 1. The van der Waals surface area contributed by atoms with Crippen molar-refractivity contribution in [3.05, 3.63) is 35.0 Å². The molecule has 2 aliphatic heterocycles. The number of fused-ring (bicyclic) bond motifs is 1. The lowest BCUT2D eigenvalue weighted by atomic mass is 9.61. The first-order valence-electron chi connectivity index (χ1n) is 10.6. The van der Waals surface area contributed by atoms with Crippen LogP contribution in [0, 0.1) is 5.92 Å². The highest BCUT2D eigenvalue weighted by molar-refractivity contribution is 7.89. The molecular weight excluding hydrogens is 408 g/mol. The maximum atomic E-state index is 12.3. The minimum Gasteiger partial charge on any atom is -0.390 e. The Hall–Kier alpha value is -1.08. The van der Waals surface area contributed by atoms with Crippen LogP contribution in [0.5, 0.6) is 0 Å². The van der Waals surface area contributed by atoms with Gasteiger partial charge in [-0.25, -0.2) is 12.4 Å². The number of rotatable bonds is 5. The van der Waals surface area contributed by atoms with Gasteiger partial charge in [0.1, 0.15) is 0 Å². The number of halogens is 1. The van der Waals surface area contributed by atoms with E-state index in [0.29, 0.717) is 28.5 Å². The number of hydrogen-bond acceptors (Lipinski definition) is 4. The topological polar surface area (TPSA) is 62.5 Å². The molecule has 3 heterocycles. The maximum Gasteiger partial charge on any atom is 0.236 e. The number of nitrogens with zero attached hydrogens (tertiary/aromatic N) is 2. The molecule has 2 aliphatic carbocycles. The van der Waals surface area contributed by atoms with Crippen molar-refractivity contribution < 1.29 is 13.5 Å². The summed E-state index contributed by atoms with van der Waals surface area (Å²) in [6.45, 7) is 3.14. The number of piperidine rings is 2. The molecule has 0 amide bonds. The molecule has 7 heteroatoms. The Bertz CT molecular complexity index is 1050. The predicted molar refractivity (Wildman–Crippen MR) is 116 cm³/mol. The fourth-order valence-corrected chi connectivity index (χ4v) is 7.51. The lowest BCUT2D eigenvalue weighted by Crippen LogP contribution is -2.64. The van der Waals surface area contributed by atoms with Gasteiger partial charge in [-0.1, -0.05) is 24.6 Å². The quantitative estimate of drug-likeness (QED) is 0.770. The lowest BCUT2D eigenvalue weighted by molar-refractivity contribution is -0.157. The third-order valence-electron chi connectivity index (χ3n) is 7.53. The van der Waals surface area contributed by atoms with E-state index in [1.807, 2.05) is 12.1 Å². The summed E-state index contributed by atoms with van der Waals surface area (Å²) in [7, 11) is -3.39. The molecule has 0 radical (unpaired) electrons. The van der Waals surface area contributed by atoms with Gasteiger partial charge in [-0.05, 0) is 74.6 Å². The molecule has 2 saturated carbocycles. The Labute approximate surface area is 177 Å². The summed E-state index contributed by atoms with van der Waals surface area (Å²) in [5.41, 5.74) is 1.23. The van der Waals surface area contributed by atoms with E-state index in [-0.39, 0.29) is 5.92 Å². The zero-order valence-electron chi connectivity index (χ0n) is 17.0. The summed E-state index contributed by atoms with van der Waals surface area (Å²) in [6.07, 6.45) is 9.18. The van der Waals surface area contributed by atoms with Gasteiger partial charge in [0.05, 0.1) is 22.4 Å². The van der Waals surface area contributed by atoms with Crippen molar-refractivity contribution in [2.45, 2.75) is 69.1 Å². The SMILES string of the molecule is CC(CCN1C2CC3CC1CC(O)(C3)C2)c1cn(S(C)(=O)=O)c2cccc(Cl)c12. The number of aliphatic hydroxyl groups is 1. The van der Waals surface area contributed by atoms with E-state index in [4.69, 9.17) is 11.6 Å². The normalized spacial score (nSPS) is 32.9. The fourth-order valence-electron chi connectivity index (χ4n) is 6.42. The Balaban J connectivity index is 1.40. The Kier molecular flexibility index (Phi) is 4.59. The number of hydrogen-bond donors (Lipinski definition) is 1. The summed E-state index contributed by atoms with van der Waals surface area (Å²) in [5, 5.41) is 12.3. The summed E-state index contributed by atoms with van der Waals surface area (Å²) < 4.78 is 25.9. The van der Waals surface area contributed by atoms with Crippen LogP contribution in [0.25, 0.3) is 10.9 Å². The van der Waals surface area contributed by atoms with Crippen molar-refractivity contribution in [1.29, 1.82) is 0 Å². The Morgan fingerprint density at radius 1 is 1.24 bits per heavy atom. The average Bonchev–Trinajstić information content (AvgIpc) is 3.01. The molecule has 4 fully saturated rings. The minimum absolute atomic E-state index is 0.195. The first kappa shape index (κ1) is 19.9. The van der Waals surface area contributed by atoms with Crippen LogP contribution in [-0.2, 0) is 10.0 Å². The third-order valence-corrected chi connectivity index (χ3v) is 8.86. The highest BCUT2D eigenvalue weighted by atomic mass is 35.5. The third kappa shape index (κ3) is 3.32. The van der Waals surface area contributed by atoms with Crippen molar-refractivity contribution in [3.8, 4) is 0 Å². The monoisotopic (exact) mass is 436 g/mol. The van der Waals surface area contributed by atoms with E-state index < -0.39 is 15.6 Å². The van der Waals surface area contributed by atoms with Crippen molar-refractivity contribution in [1.82, 2.24) is 8.87 Å². The van der Waals surface area contributed by atoms with Crippen LogP contribution in [0.4, 0.5) is 0 Å². The second kappa shape index (κ2) is 6.71. The van der Waals surface area contributed by atoms with Crippen LogP contribution >= 0.6 is 11.6 Å². The molecule has 3 unspecified atom stereocenters. The Morgan fingerprint density at radius 3 is 2.55 bits per heavy atom. The first-order chi connectivity index (χ1) is 13.6. The van der Waals surface area contributed by atoms with E-state index in [2.05, 4.69) is 11.8 Å². The van der Waals surface area contributed by atoms with E-state index in [1.165, 1.54) is 23.1 Å². The van der Waals surface area contributed by atoms with Gasteiger partial charge >= 0.3 is 0 Å². The zero-order valence-corrected chi connectivity index (χ0v) is 18.6. The largest absolute Gasteiger partial charge is 0.390 e. The summed E-state index contributed by atoms with van der Waals surface area (Å²) >= 11 is 6.49. The summed E-state index contributed by atoms with van der Waals surface area (Å²) in [4.78, 5) is 2.62. The van der Waals surface area contributed by atoms with Crippen molar-refractivity contribution in [2.75, 3.05) is 12.8 Å². The lowest BCUT2D eigenvalue weighted by Gasteiger charge is -2.60. The molecular formula is C22H29ClN2O3S. The predicted octanol–water partition coefficient (Wildman–Crippen LogP) is 3.97. The van der Waals surface area contributed by atoms with Gasteiger partial charge in [0.15, 0.2) is 0 Å². The van der Waals surface area contributed by atoms with E-state index >= 15 is 0 Å². The van der Waals surface area contributed by atoms with Crippen molar-refractivity contribution in [2.24, 2.45) is 5.92 Å². The van der Waals surface area contributed by atoms with Gasteiger partial charge in [-0.2, -0.15) is 0 Å². The highest BCUT2D eigenvalue weighted by Crippen LogP contribution is 2.51. The van der Waals surface area contributed by atoms with Gasteiger partial charge in [-0.15, -0.1) is 0 Å². The van der Waals surface area contributed by atoms with Crippen LogP contribution < -0.4 is 0 Å². The van der Waals surface area contributed by atoms with E-state index in [0.717, 1.165) is 43.2 Å². The smallest absolute Gasteiger partial charge is 0.236 e. The summed E-state index contributed by atoms with van der Waals surface area (Å²) in [5.74, 6) is 0.887. The summed E-state index contributed by atoms with van der Waals surface area (Å²) in [6, 6.07) is 6.44. The molecule has 0 spiro atoms. The molecule has 1 aromatic carbocycles. The number of aromatic nitrogens is 1. The molecule has 2 saturated heterocycles. The second-order valence-corrected chi connectivity index (χ2v) is 12.0. The van der Waals surface area contributed by atoms with Gasteiger partial charge in [0, 0.05) is 23.7 Å². The van der Waals surface area contributed by atoms with E-state index in [9.17, 15) is 13.5 Å². The van der Waals surface area contributed by atoms with Crippen LogP contribution in [-0.4, -0.2) is 52.9 Å². The molecule has 4 bridgehead atoms. The molecule has 2 aromatic rings. The molecule has 6 rings (SSSR count). The van der Waals surface area contributed by atoms with Gasteiger partial charge < -0.3 is 5.11 Å². The van der Waals surface area contributed by atoms with Crippen LogP contribution in [0.3, 0.4) is 0 Å². The van der Waals surface area contributed by atoms with Gasteiger partial charge in [-0.3, -0.25) is 4.90 Å². The Morgan fingerprint density at radius 2 is 1.93 bits per heavy atom. The zero-order chi connectivity index (χ0) is 20.6. The first-order valence-corrected chi connectivity index (χ1v) is 12.9. The highest BCUT2D eigenvalue weighted by Gasteiger charge is 2.53. The molecule has 29 heavy (non-hydrogen) atoms. The van der Waals surface area contributed by atoms with E-state index in [1.54, 1.807) is 12.3 Å².